The fraction of sp³-hybridized carbons (Fsp3) is 0. The van der Waals surface area contributed by atoms with Gasteiger partial charge in [-0.05, 0) is 11.5 Å². The summed E-state index contributed by atoms with van der Waals surface area (Å²) in [6.45, 7) is 6.32. The van der Waals surface area contributed by atoms with Crippen molar-refractivity contribution in [3.8, 4) is 5.75 Å². The molecule has 0 bridgehead atoms. The number of hydrogen-bond acceptors (Lipinski definition) is 3. The van der Waals surface area contributed by atoms with E-state index in [0.717, 1.165) is 22.9 Å². The minimum absolute atomic E-state index is 0.439. The van der Waals surface area contributed by atoms with E-state index in [1.54, 1.807) is 6.07 Å². The Balaban J connectivity index is 0.000000347. The van der Waals surface area contributed by atoms with Gasteiger partial charge in [-0.3, -0.25) is 0 Å². The summed E-state index contributed by atoms with van der Waals surface area (Å²) in [4.78, 5) is 20.3. The maximum atomic E-state index is 11.1. The molecule has 0 aliphatic heterocycles. The van der Waals surface area contributed by atoms with Crippen molar-refractivity contribution in [1.82, 2.24) is 0 Å². The predicted octanol–water partition coefficient (Wildman–Crippen LogP) is 3.19. The molecule has 0 amide bonds. The van der Waals surface area contributed by atoms with Crippen molar-refractivity contribution < 1.29 is 19.4 Å². The fourth-order valence-corrected chi connectivity index (χ4v) is 1.43. The number of carboxylic acid groups (broad SMARTS) is 1. The monoisotopic (exact) mass is 270 g/mol. The number of carbonyl (C=O) groups excluding carboxylic acids is 1. The summed E-state index contributed by atoms with van der Waals surface area (Å²) in [5, 5.41) is 9.58. The number of carboxylic acids is 1. The number of esters is 1. The smallest absolute Gasteiger partial charge is 0.335 e. The normalized spacial score (nSPS) is 9.00. The van der Waals surface area contributed by atoms with Crippen molar-refractivity contribution in [1.29, 1.82) is 0 Å². The van der Waals surface area contributed by atoms with Crippen LogP contribution in [-0.4, -0.2) is 17.0 Å². The van der Waals surface area contributed by atoms with E-state index in [9.17, 15) is 9.59 Å². The Morgan fingerprint density at radius 3 is 2.20 bits per heavy atom. The number of carbonyl (C=O) groups is 2. The molecule has 0 unspecified atom stereocenters. The maximum Gasteiger partial charge on any atom is 0.335 e. The quantitative estimate of drug-likeness (QED) is 0.528. The number of rotatable bonds is 3. The molecule has 0 aliphatic rings. The molecule has 1 N–H and O–H groups in total. The Bertz CT molecular complexity index is 638. The van der Waals surface area contributed by atoms with E-state index in [0.29, 0.717) is 5.75 Å². The van der Waals surface area contributed by atoms with Gasteiger partial charge < -0.3 is 9.84 Å². The van der Waals surface area contributed by atoms with Gasteiger partial charge in [-0.2, -0.15) is 0 Å². The second kappa shape index (κ2) is 7.53. The van der Waals surface area contributed by atoms with Crippen LogP contribution >= 0.6 is 0 Å². The molecule has 2 rings (SSSR count). The Hall–Kier alpha value is -2.88. The molecule has 2 aromatic carbocycles. The van der Waals surface area contributed by atoms with E-state index < -0.39 is 11.9 Å². The molecule has 0 spiro atoms. The first-order valence-corrected chi connectivity index (χ1v) is 5.76. The SMILES string of the molecule is C=CC(=O)O.C=CC(=O)Oc1cccc2ccccc12. The van der Waals surface area contributed by atoms with Crippen molar-refractivity contribution in [2.24, 2.45) is 0 Å². The largest absolute Gasteiger partial charge is 0.478 e. The maximum absolute atomic E-state index is 11.1. The second-order valence-corrected chi connectivity index (χ2v) is 3.64. The second-order valence-electron chi connectivity index (χ2n) is 3.64. The van der Waals surface area contributed by atoms with Crippen LogP contribution in [0.3, 0.4) is 0 Å². The topological polar surface area (TPSA) is 63.6 Å². The van der Waals surface area contributed by atoms with Gasteiger partial charge in [-0.1, -0.05) is 49.6 Å². The van der Waals surface area contributed by atoms with Gasteiger partial charge in [0, 0.05) is 17.5 Å². The third-order valence-corrected chi connectivity index (χ3v) is 2.30. The Kier molecular flexibility index (Phi) is 5.72. The molecule has 102 valence electrons. The van der Waals surface area contributed by atoms with Crippen LogP contribution in [0.1, 0.15) is 0 Å². The van der Waals surface area contributed by atoms with Crippen molar-refractivity contribution in [3.63, 3.8) is 0 Å². The number of hydrogen-bond donors (Lipinski definition) is 1. The van der Waals surface area contributed by atoms with Crippen LogP contribution in [0.15, 0.2) is 67.8 Å². The molecule has 0 fully saturated rings. The Morgan fingerprint density at radius 1 is 1.00 bits per heavy atom. The van der Waals surface area contributed by atoms with Crippen LogP contribution in [0.5, 0.6) is 5.75 Å². The Labute approximate surface area is 116 Å². The van der Waals surface area contributed by atoms with Crippen molar-refractivity contribution >= 4 is 22.7 Å². The van der Waals surface area contributed by atoms with Crippen LogP contribution in [0, 0.1) is 0 Å². The molecule has 4 heteroatoms. The average Bonchev–Trinajstić information content (AvgIpc) is 2.48. The van der Waals surface area contributed by atoms with Gasteiger partial charge in [0.15, 0.2) is 0 Å². The van der Waals surface area contributed by atoms with Crippen LogP contribution in [0.25, 0.3) is 10.8 Å². The van der Waals surface area contributed by atoms with Gasteiger partial charge in [0.05, 0.1) is 0 Å². The number of ether oxygens (including phenoxy) is 1. The number of fused-ring (bicyclic) bond motifs is 1. The highest BCUT2D eigenvalue weighted by Gasteiger charge is 2.03. The molecule has 0 aromatic heterocycles. The molecule has 0 saturated carbocycles. The first-order chi connectivity index (χ1) is 9.58. The first-order valence-electron chi connectivity index (χ1n) is 5.76. The zero-order valence-electron chi connectivity index (χ0n) is 10.8. The average molecular weight is 270 g/mol. The zero-order valence-corrected chi connectivity index (χ0v) is 10.8. The minimum Gasteiger partial charge on any atom is -0.478 e. The van der Waals surface area contributed by atoms with Crippen LogP contribution in [0.2, 0.25) is 0 Å². The molecular weight excluding hydrogens is 256 g/mol. The lowest BCUT2D eigenvalue weighted by atomic mass is 10.1. The summed E-state index contributed by atoms with van der Waals surface area (Å²) in [5.41, 5.74) is 0. The zero-order chi connectivity index (χ0) is 15.0. The summed E-state index contributed by atoms with van der Waals surface area (Å²) >= 11 is 0. The highest BCUT2D eigenvalue weighted by molar-refractivity contribution is 5.92. The number of benzene rings is 2. The van der Waals surface area contributed by atoms with Crippen LogP contribution < -0.4 is 4.74 Å². The highest BCUT2D eigenvalue weighted by Crippen LogP contribution is 2.25. The van der Waals surface area contributed by atoms with E-state index >= 15 is 0 Å². The standard InChI is InChI=1S/C13H10O2.C3H4O2/c1-2-13(14)15-12-9-5-7-10-6-3-4-8-11(10)12;1-2-3(4)5/h2-9H,1H2;2H,1H2,(H,4,5). The van der Waals surface area contributed by atoms with E-state index in [-0.39, 0.29) is 0 Å². The molecule has 0 saturated heterocycles. The molecule has 4 nitrogen and oxygen atoms in total. The predicted molar refractivity (Wildman–Crippen MR) is 77.6 cm³/mol. The van der Waals surface area contributed by atoms with E-state index in [1.807, 2.05) is 36.4 Å². The van der Waals surface area contributed by atoms with Gasteiger partial charge in [0.1, 0.15) is 5.75 Å². The molecule has 2 aromatic rings. The van der Waals surface area contributed by atoms with Gasteiger partial charge in [0.2, 0.25) is 0 Å². The van der Waals surface area contributed by atoms with Crippen LogP contribution in [-0.2, 0) is 9.59 Å². The number of aliphatic carboxylic acids is 1. The van der Waals surface area contributed by atoms with Gasteiger partial charge in [0.25, 0.3) is 0 Å². The fourth-order valence-electron chi connectivity index (χ4n) is 1.43. The summed E-state index contributed by atoms with van der Waals surface area (Å²) < 4.78 is 5.12. The third-order valence-electron chi connectivity index (χ3n) is 2.30. The van der Waals surface area contributed by atoms with Crippen molar-refractivity contribution in [3.05, 3.63) is 67.8 Å². The van der Waals surface area contributed by atoms with E-state index in [4.69, 9.17) is 9.84 Å². The summed E-state index contributed by atoms with van der Waals surface area (Å²) in [6.07, 6.45) is 1.99. The molecule has 0 radical (unpaired) electrons. The summed E-state index contributed by atoms with van der Waals surface area (Å²) in [7, 11) is 0. The van der Waals surface area contributed by atoms with Crippen molar-refractivity contribution in [2.45, 2.75) is 0 Å². The van der Waals surface area contributed by atoms with Gasteiger partial charge in [-0.25, -0.2) is 9.59 Å². The third kappa shape index (κ3) is 4.42. The Morgan fingerprint density at radius 2 is 1.60 bits per heavy atom. The van der Waals surface area contributed by atoms with Gasteiger partial charge >= 0.3 is 11.9 Å². The van der Waals surface area contributed by atoms with Gasteiger partial charge in [-0.15, -0.1) is 0 Å². The molecule has 0 aliphatic carbocycles. The molecule has 0 atom stereocenters. The van der Waals surface area contributed by atoms with E-state index in [2.05, 4.69) is 13.2 Å². The lowest BCUT2D eigenvalue weighted by Crippen LogP contribution is -2.03. The first kappa shape index (κ1) is 15.2. The molecular formula is C16H14O4. The molecule has 20 heavy (non-hydrogen) atoms. The summed E-state index contributed by atoms with van der Waals surface area (Å²) in [5.74, 6) is -0.852. The summed E-state index contributed by atoms with van der Waals surface area (Å²) in [6, 6.07) is 13.3. The lowest BCUT2D eigenvalue weighted by Gasteiger charge is -2.05. The lowest BCUT2D eigenvalue weighted by molar-refractivity contribution is -0.131. The minimum atomic E-state index is -0.981. The van der Waals surface area contributed by atoms with Crippen LogP contribution in [0.4, 0.5) is 0 Å². The molecule has 0 heterocycles. The van der Waals surface area contributed by atoms with E-state index in [1.165, 1.54) is 0 Å². The highest BCUT2D eigenvalue weighted by atomic mass is 16.5. The van der Waals surface area contributed by atoms with Crippen molar-refractivity contribution in [2.75, 3.05) is 0 Å².